The molecule has 10 heterocycles. The number of carbonyl (C=O) groups is 4. The molecule has 7 aliphatic heterocycles. The van der Waals surface area contributed by atoms with Gasteiger partial charge in [0, 0.05) is 116 Å². The second kappa shape index (κ2) is 22.5. The van der Waals surface area contributed by atoms with Crippen molar-refractivity contribution in [2.45, 2.75) is 160 Å². The average molecular weight is 1180 g/mol. The molecule has 2 aliphatic carbocycles. The van der Waals surface area contributed by atoms with Gasteiger partial charge < -0.3 is 33.9 Å². The van der Waals surface area contributed by atoms with E-state index in [9.17, 15) is 14.4 Å². The Morgan fingerprint density at radius 2 is 1.79 bits per heavy atom. The quantitative estimate of drug-likeness (QED) is 0.112. The summed E-state index contributed by atoms with van der Waals surface area (Å²) in [6.07, 6.45) is 4.36. The Balaban J connectivity index is 0.823. The highest BCUT2D eigenvalue weighted by Crippen LogP contribution is 2.54. The number of thiazole rings is 1. The summed E-state index contributed by atoms with van der Waals surface area (Å²) in [6, 6.07) is 6.09. The Kier molecular flexibility index (Phi) is 15.5. The molecule has 3 unspecified atom stereocenters. The number of hydrazine groups is 1. The van der Waals surface area contributed by atoms with Gasteiger partial charge in [-0.25, -0.2) is 10.4 Å². The normalized spacial score (nSPS) is 29.5. The molecule has 0 radical (unpaired) electrons. The molecule has 8 fully saturated rings. The van der Waals surface area contributed by atoms with Crippen molar-refractivity contribution < 1.29 is 46.6 Å². The smallest absolute Gasteiger partial charge is 0.406 e. The Morgan fingerprint density at radius 3 is 2.55 bits per heavy atom. The highest BCUT2D eigenvalue weighted by atomic mass is 32.1. The first kappa shape index (κ1) is 57.8. The maximum atomic E-state index is 15.2. The minimum atomic E-state index is -4.62. The molecule has 9 aliphatic rings. The maximum absolute atomic E-state index is 15.2. The zero-order chi connectivity index (χ0) is 58.6. The number of morpholine rings is 1. The number of nitrogens with one attached hydrogen (secondary N) is 2. The van der Waals surface area contributed by atoms with Crippen LogP contribution in [0.2, 0.25) is 0 Å². The largest absolute Gasteiger partial charge is 0.464 e. The molecule has 84 heavy (non-hydrogen) atoms. The van der Waals surface area contributed by atoms with Gasteiger partial charge in [-0.3, -0.25) is 43.9 Å². The number of cyclic esters (lactones) is 1. The molecule has 2 N–H and O–H groups in total. The molecular weight excluding hydrogens is 1100 g/mol. The van der Waals surface area contributed by atoms with Crippen LogP contribution < -0.4 is 15.6 Å². The molecule has 1 aromatic carbocycles. The van der Waals surface area contributed by atoms with Gasteiger partial charge in [-0.2, -0.15) is 13.2 Å². The number of benzene rings is 1. The number of esters is 1. The number of likely N-dealkylation sites (tertiary alicyclic amines) is 2. The molecule has 9 atom stereocenters. The van der Waals surface area contributed by atoms with Crippen LogP contribution in [0.25, 0.3) is 33.4 Å². The third kappa shape index (κ3) is 11.5. The summed E-state index contributed by atoms with van der Waals surface area (Å²) in [5, 5.41) is 7.71. The molecule has 6 bridgehead atoms. The van der Waals surface area contributed by atoms with Crippen molar-refractivity contribution in [3.63, 3.8) is 0 Å². The van der Waals surface area contributed by atoms with E-state index in [0.717, 1.165) is 38.2 Å². The van der Waals surface area contributed by atoms with Gasteiger partial charge in [0.1, 0.15) is 24.7 Å². The van der Waals surface area contributed by atoms with Crippen molar-refractivity contribution in [3.05, 3.63) is 52.1 Å². The molecule has 22 heteroatoms. The predicted octanol–water partition coefficient (Wildman–Crippen LogP) is 6.84. The monoisotopic (exact) mass is 1180 g/mol. The van der Waals surface area contributed by atoms with E-state index in [0.29, 0.717) is 133 Å². The molecule has 1 spiro atoms. The highest BCUT2D eigenvalue weighted by Gasteiger charge is 2.64. The van der Waals surface area contributed by atoms with E-state index < -0.39 is 54.2 Å². The summed E-state index contributed by atoms with van der Waals surface area (Å²) >= 11 is 1.35. The first-order valence-corrected chi connectivity index (χ1v) is 31.7. The zero-order valence-corrected chi connectivity index (χ0v) is 50.2. The fraction of sp³-hybridized carbons (Fsp3) is 0.677. The number of pyridine rings is 1. The lowest BCUT2D eigenvalue weighted by Gasteiger charge is -2.44. The fourth-order valence-electron chi connectivity index (χ4n) is 15.1. The number of amides is 3. The number of piperazine rings is 1. The van der Waals surface area contributed by atoms with E-state index in [1.807, 2.05) is 52.1 Å². The van der Waals surface area contributed by atoms with E-state index in [4.69, 9.17) is 24.2 Å². The molecule has 454 valence electrons. The van der Waals surface area contributed by atoms with Crippen molar-refractivity contribution in [2.24, 2.45) is 22.7 Å². The number of rotatable bonds is 12. The van der Waals surface area contributed by atoms with Gasteiger partial charge in [0.2, 0.25) is 11.8 Å². The third-order valence-electron chi connectivity index (χ3n) is 19.8. The average Bonchev–Trinajstić information content (AvgIpc) is 2.01. The molecule has 13 rings (SSSR count). The molecule has 3 aromatic heterocycles. The van der Waals surface area contributed by atoms with Gasteiger partial charge in [-0.05, 0) is 107 Å². The van der Waals surface area contributed by atoms with Crippen LogP contribution in [0.4, 0.5) is 18.9 Å². The fourth-order valence-corrected chi connectivity index (χ4v) is 15.9. The number of methoxy groups -OCH3 is 1. The van der Waals surface area contributed by atoms with E-state index in [1.165, 1.54) is 46.6 Å². The number of ether oxygens (including phenoxy) is 3. The first-order chi connectivity index (χ1) is 40.2. The van der Waals surface area contributed by atoms with Crippen LogP contribution in [-0.4, -0.2) is 197 Å². The topological polar surface area (TPSA) is 170 Å². The number of aromatic nitrogens is 3. The van der Waals surface area contributed by atoms with E-state index in [1.54, 1.807) is 25.4 Å². The molecule has 18 nitrogen and oxygen atoms in total. The Labute approximate surface area is 494 Å². The van der Waals surface area contributed by atoms with Gasteiger partial charge in [0.25, 0.3) is 5.91 Å². The Bertz CT molecular complexity index is 3160. The standard InChI is InChI=1S/C62H82F3N11O7S/c1-36(2)52(72-18-15-61(32-72)16-19-73(33-61)58(79)55-53(38-9-10-38)76(55)40-12-13-40)56(77)68-47-26-50-67-48(31-84-50)39-11-14-49-43(24-39)45(27-60(4,5)35-83-59(80)46-8-7-17-75(69-46)57(47)78)54(74(49)34-62(63,64)65)44-25-41(28-66-51(44)37(3)81-6)71-21-20-70-22-23-82-30-42(70)29-71/h11,14,24-25,28,31,36-38,40,42,46-47,52-53,55,69H,7-10,12-13,15-23,26-27,29-30,32-35H2,1-6H3,(H,68,77)/t37-,42-,46-,47-,52?,53?,55+,61-,76?/m0/s1. The number of alkyl halides is 3. The van der Waals surface area contributed by atoms with Crippen LogP contribution in [0.3, 0.4) is 0 Å². The Morgan fingerprint density at radius 1 is 0.976 bits per heavy atom. The predicted molar refractivity (Wildman–Crippen MR) is 312 cm³/mol. The number of halogens is 3. The minimum Gasteiger partial charge on any atom is -0.464 e. The number of nitrogens with zero attached hydrogens (tertiary/aromatic N) is 9. The van der Waals surface area contributed by atoms with Gasteiger partial charge in [-0.15, -0.1) is 11.3 Å². The minimum absolute atomic E-state index is 0.0313. The highest BCUT2D eigenvalue weighted by molar-refractivity contribution is 7.10. The lowest BCUT2D eigenvalue weighted by molar-refractivity contribution is -0.155. The van der Waals surface area contributed by atoms with Crippen LogP contribution in [0, 0.1) is 22.7 Å². The van der Waals surface area contributed by atoms with Crippen molar-refractivity contribution in [2.75, 3.05) is 90.7 Å². The van der Waals surface area contributed by atoms with Crippen LogP contribution >= 0.6 is 11.3 Å². The second-order valence-corrected chi connectivity index (χ2v) is 27.9. The first-order valence-electron chi connectivity index (χ1n) is 30.9. The second-order valence-electron chi connectivity index (χ2n) is 27.0. The van der Waals surface area contributed by atoms with Crippen molar-refractivity contribution in [1.29, 1.82) is 0 Å². The van der Waals surface area contributed by atoms with Gasteiger partial charge in [0.05, 0.1) is 72.0 Å². The van der Waals surface area contributed by atoms with Crippen LogP contribution in [-0.2, 0) is 52.8 Å². The molecule has 2 saturated carbocycles. The molecule has 4 aromatic rings. The summed E-state index contributed by atoms with van der Waals surface area (Å²) in [5.41, 5.74) is 6.66. The summed E-state index contributed by atoms with van der Waals surface area (Å²) in [6.45, 7) is 15.9. The lowest BCUT2D eigenvalue weighted by atomic mass is 9.84. The molecular formula is C62H82F3N11O7S. The van der Waals surface area contributed by atoms with E-state index in [-0.39, 0.29) is 54.7 Å². The summed E-state index contributed by atoms with van der Waals surface area (Å²) in [5.74, 6) is -0.379. The van der Waals surface area contributed by atoms with Crippen LogP contribution in [0.5, 0.6) is 0 Å². The zero-order valence-electron chi connectivity index (χ0n) is 49.4. The van der Waals surface area contributed by atoms with Gasteiger partial charge in [0.15, 0.2) is 0 Å². The number of fused-ring (bicyclic) bond motifs is 7. The number of carbonyl (C=O) groups excluding carboxylic acids is 4. The van der Waals surface area contributed by atoms with Crippen molar-refractivity contribution in [1.82, 2.24) is 49.9 Å². The lowest BCUT2D eigenvalue weighted by Crippen LogP contribution is -2.62. The van der Waals surface area contributed by atoms with Crippen LogP contribution in [0.15, 0.2) is 35.8 Å². The van der Waals surface area contributed by atoms with Crippen LogP contribution in [0.1, 0.15) is 108 Å². The molecule has 3 amide bonds. The Hall–Kier alpha value is -5.23. The van der Waals surface area contributed by atoms with Crippen molar-refractivity contribution >= 4 is 51.6 Å². The van der Waals surface area contributed by atoms with E-state index >= 15 is 18.0 Å². The van der Waals surface area contributed by atoms with Gasteiger partial charge in [-0.1, -0.05) is 33.8 Å². The molecule has 6 saturated heterocycles. The number of hydrogen-bond donors (Lipinski definition) is 2. The van der Waals surface area contributed by atoms with Gasteiger partial charge >= 0.3 is 12.1 Å². The summed E-state index contributed by atoms with van der Waals surface area (Å²) in [4.78, 5) is 80.0. The third-order valence-corrected chi connectivity index (χ3v) is 20.7. The maximum Gasteiger partial charge on any atom is 0.406 e. The number of hydrogen-bond acceptors (Lipinski definition) is 15. The SMILES string of the molecule is CO[C@@H](C)c1ncc(N2CCN3CCOC[C@@H]3C2)cc1-c1c2c3cc(ccc3n1CC(F)(F)F)-c1csc(n1)C[C@H](NC(=O)C(C(C)C)N1CC[C@]3(CCN(C(=O)[C@H]4C(C5CC5)N4C4CC4)C3)C1)C(=O)N1CCC[C@H](N1)C(=O)OCC(C)(C)C2. The summed E-state index contributed by atoms with van der Waals surface area (Å²) < 4.78 is 65.0. The van der Waals surface area contributed by atoms with Crippen molar-refractivity contribution in [3.8, 4) is 22.5 Å². The number of anilines is 1. The summed E-state index contributed by atoms with van der Waals surface area (Å²) in [7, 11) is 1.56. The van der Waals surface area contributed by atoms with E-state index in [2.05, 4.69) is 35.2 Å².